The van der Waals surface area contributed by atoms with Gasteiger partial charge >= 0.3 is 0 Å². The predicted octanol–water partition coefficient (Wildman–Crippen LogP) is -0.296. The van der Waals surface area contributed by atoms with Crippen molar-refractivity contribution >= 4 is 6.39 Å². The van der Waals surface area contributed by atoms with Gasteiger partial charge in [-0.2, -0.15) is 0 Å². The van der Waals surface area contributed by atoms with Crippen LogP contribution < -0.4 is 0 Å². The van der Waals surface area contributed by atoms with E-state index in [2.05, 4.69) is 0 Å². The highest BCUT2D eigenvalue weighted by Crippen LogP contribution is 1.52. The molecule has 1 amide bonds. The van der Waals surface area contributed by atoms with E-state index in [1.54, 1.807) is 0 Å². The molecular weight excluding hydrogens is 67.0 g/mol. The van der Waals surface area contributed by atoms with E-state index in [0.29, 0.717) is 0 Å². The van der Waals surface area contributed by atoms with Crippen LogP contribution >= 0.6 is 0 Å². The first kappa shape index (κ1) is 2.69. The van der Waals surface area contributed by atoms with Crippen LogP contribution in [0.4, 0.5) is 0 Å². The second kappa shape index (κ2) is 1.76. The lowest BCUT2D eigenvalue weighted by atomic mass is 11.1. The van der Waals surface area contributed by atoms with E-state index in [4.69, 9.17) is 1.37 Å². The molecule has 0 aliphatic heterocycles. The first-order valence-electron chi connectivity index (χ1n) is 1.82. The number of amides is 1. The standard InChI is InChI=1S/C3H7NO/c1-4(2)3-5/h3H,1-2H3/i3+1D. The van der Waals surface area contributed by atoms with E-state index < -0.39 is 6.39 Å². The SMILES string of the molecule is [2H][13C](=O)N(C)C. The van der Waals surface area contributed by atoms with E-state index in [1.165, 1.54) is 19.0 Å². The van der Waals surface area contributed by atoms with Crippen LogP contribution in [-0.4, -0.2) is 25.4 Å². The molecule has 0 aliphatic rings. The lowest BCUT2D eigenvalue weighted by molar-refractivity contribution is -0.115. The molecular formula is C3H7NO. The maximum Gasteiger partial charge on any atom is 0.209 e. The van der Waals surface area contributed by atoms with Crippen molar-refractivity contribution in [3.05, 3.63) is 0 Å². The molecule has 0 heterocycles. The maximum absolute atomic E-state index is 9.74. The molecule has 0 unspecified atom stereocenters. The highest BCUT2D eigenvalue weighted by Gasteiger charge is 1.68. The van der Waals surface area contributed by atoms with E-state index in [1.807, 2.05) is 0 Å². The normalized spacial score (nSPS) is 9.60. The minimum Gasteiger partial charge on any atom is -0.351 e. The van der Waals surface area contributed by atoms with Gasteiger partial charge in [-0.1, -0.05) is 0 Å². The number of hydrogen-bond donors (Lipinski definition) is 0. The van der Waals surface area contributed by atoms with Gasteiger partial charge in [0.2, 0.25) is 6.39 Å². The summed E-state index contributed by atoms with van der Waals surface area (Å²) in [7, 11) is 3.07. The fourth-order valence-corrected chi connectivity index (χ4v) is 0. The molecule has 0 bridgehead atoms. The molecule has 0 saturated carbocycles. The summed E-state index contributed by atoms with van der Waals surface area (Å²) in [6.07, 6.45) is -0.657. The third-order valence-electron chi connectivity index (χ3n) is 0.183. The number of nitrogens with zero attached hydrogens (tertiary/aromatic N) is 1. The Morgan fingerprint density at radius 1 is 2.00 bits per heavy atom. The van der Waals surface area contributed by atoms with Gasteiger partial charge in [-0.15, -0.1) is 0 Å². The molecule has 2 nitrogen and oxygen atoms in total. The Morgan fingerprint density at radius 2 is 2.20 bits per heavy atom. The lowest BCUT2D eigenvalue weighted by Gasteiger charge is -1.93. The summed E-state index contributed by atoms with van der Waals surface area (Å²) in [5.41, 5.74) is 0. The fraction of sp³-hybridized carbons (Fsp3) is 0.667. The van der Waals surface area contributed by atoms with Crippen LogP contribution in [0.1, 0.15) is 1.37 Å². The zero-order valence-corrected chi connectivity index (χ0v) is 3.36. The highest BCUT2D eigenvalue weighted by atomic mass is 16.2. The average molecular weight is 75.1 g/mol. The van der Waals surface area contributed by atoms with Crippen molar-refractivity contribution in [2.45, 2.75) is 0 Å². The van der Waals surface area contributed by atoms with Crippen LogP contribution in [0.5, 0.6) is 0 Å². The average Bonchev–Trinajstić information content (AvgIpc) is 1.36. The number of hydrogen-bond acceptors (Lipinski definition) is 1. The van der Waals surface area contributed by atoms with Gasteiger partial charge in [-0.3, -0.25) is 4.79 Å². The van der Waals surface area contributed by atoms with Crippen LogP contribution in [-0.2, 0) is 4.79 Å². The predicted molar refractivity (Wildman–Crippen MR) is 19.8 cm³/mol. The van der Waals surface area contributed by atoms with Crippen LogP contribution in [0, 0.1) is 0 Å². The molecule has 2 heteroatoms. The Balaban J connectivity index is 3.26. The summed E-state index contributed by atoms with van der Waals surface area (Å²) in [5.74, 6) is 0. The lowest BCUT2D eigenvalue weighted by Crippen LogP contribution is -2.06. The Kier molecular flexibility index (Phi) is 0.947. The van der Waals surface area contributed by atoms with Gasteiger partial charge < -0.3 is 4.90 Å². The molecule has 30 valence electrons. The first-order chi connectivity index (χ1) is 2.64. The number of carbonyl (C=O) groups excluding carboxylic acids is 1. The molecule has 0 aromatic rings. The topological polar surface area (TPSA) is 20.3 Å². The Morgan fingerprint density at radius 3 is 2.20 bits per heavy atom. The summed E-state index contributed by atoms with van der Waals surface area (Å²) in [6, 6.07) is 0. The molecule has 0 spiro atoms. The molecule has 0 aromatic carbocycles. The van der Waals surface area contributed by atoms with Crippen molar-refractivity contribution in [2.24, 2.45) is 0 Å². The molecule has 5 heavy (non-hydrogen) atoms. The van der Waals surface area contributed by atoms with Gasteiger partial charge in [0.25, 0.3) is 0 Å². The van der Waals surface area contributed by atoms with Crippen LogP contribution in [0.15, 0.2) is 0 Å². The Labute approximate surface area is 32.8 Å². The third-order valence-corrected chi connectivity index (χ3v) is 0.183. The van der Waals surface area contributed by atoms with E-state index in [9.17, 15) is 4.79 Å². The van der Waals surface area contributed by atoms with Crippen LogP contribution in [0.3, 0.4) is 0 Å². The number of carbonyl (C=O) groups is 1. The molecule has 0 aromatic heterocycles. The quantitative estimate of drug-likeness (QED) is 0.286. The highest BCUT2D eigenvalue weighted by molar-refractivity contribution is 5.45. The summed E-state index contributed by atoms with van der Waals surface area (Å²) in [6.45, 7) is 0. The van der Waals surface area contributed by atoms with Crippen molar-refractivity contribution in [3.63, 3.8) is 0 Å². The minimum atomic E-state index is -0.657. The fourth-order valence-electron chi connectivity index (χ4n) is 0. The van der Waals surface area contributed by atoms with Crippen LogP contribution in [0.25, 0.3) is 0 Å². The van der Waals surface area contributed by atoms with Gasteiger partial charge in [0, 0.05) is 14.1 Å². The summed E-state index contributed by atoms with van der Waals surface area (Å²) < 4.78 is 6.32. The summed E-state index contributed by atoms with van der Waals surface area (Å²) in [5, 5.41) is 0. The zero-order chi connectivity index (χ0) is 5.15. The van der Waals surface area contributed by atoms with Crippen molar-refractivity contribution in [1.82, 2.24) is 4.90 Å². The summed E-state index contributed by atoms with van der Waals surface area (Å²) >= 11 is 0. The van der Waals surface area contributed by atoms with Crippen molar-refractivity contribution in [3.8, 4) is 0 Å². The minimum absolute atomic E-state index is 0.657. The molecule has 0 saturated heterocycles. The molecule has 0 aliphatic carbocycles. The molecule has 0 rings (SSSR count). The van der Waals surface area contributed by atoms with Gasteiger partial charge in [0.05, 0.1) is 0 Å². The van der Waals surface area contributed by atoms with Gasteiger partial charge in [0.15, 0.2) is 0 Å². The van der Waals surface area contributed by atoms with Crippen LogP contribution in [0.2, 0.25) is 0 Å². The molecule has 0 N–H and O–H groups in total. The largest absolute Gasteiger partial charge is 0.351 e. The van der Waals surface area contributed by atoms with E-state index in [0.717, 1.165) is 0 Å². The van der Waals surface area contributed by atoms with Gasteiger partial charge in [-0.25, -0.2) is 0 Å². The zero-order valence-electron chi connectivity index (χ0n) is 4.36. The number of rotatable bonds is 0. The van der Waals surface area contributed by atoms with E-state index in [-0.39, 0.29) is 0 Å². The van der Waals surface area contributed by atoms with E-state index >= 15 is 0 Å². The summed E-state index contributed by atoms with van der Waals surface area (Å²) in [4.78, 5) is 10.9. The van der Waals surface area contributed by atoms with Gasteiger partial charge in [-0.05, 0) is 0 Å². The molecule has 0 atom stereocenters. The second-order valence-electron chi connectivity index (χ2n) is 0.986. The second-order valence-corrected chi connectivity index (χ2v) is 0.986. The first-order valence-corrected chi connectivity index (χ1v) is 1.32. The Hall–Kier alpha value is -0.530. The van der Waals surface area contributed by atoms with Crippen molar-refractivity contribution in [2.75, 3.05) is 14.1 Å². The molecule has 0 fully saturated rings. The van der Waals surface area contributed by atoms with Crippen molar-refractivity contribution in [1.29, 1.82) is 0 Å². The van der Waals surface area contributed by atoms with Gasteiger partial charge in [0.1, 0.15) is 1.37 Å². The maximum atomic E-state index is 9.74. The monoisotopic (exact) mass is 75.1 g/mol. The third kappa shape index (κ3) is 3.47. The Bertz CT molecular complexity index is 61.8. The smallest absolute Gasteiger partial charge is 0.209 e. The molecule has 0 radical (unpaired) electrons. The van der Waals surface area contributed by atoms with Crippen molar-refractivity contribution < 1.29 is 6.17 Å².